The lowest BCUT2D eigenvalue weighted by Crippen LogP contribution is -2.27. The molecule has 0 bridgehead atoms. The van der Waals surface area contributed by atoms with Gasteiger partial charge < -0.3 is 5.32 Å². The second-order valence-electron chi connectivity index (χ2n) is 8.04. The Bertz CT molecular complexity index is 601. The quantitative estimate of drug-likeness (QED) is 0.208. The van der Waals surface area contributed by atoms with E-state index in [9.17, 15) is 22.4 Å². The normalized spacial score (nSPS) is 11.6. The molecule has 6 heteroatoms. The van der Waals surface area contributed by atoms with Crippen molar-refractivity contribution >= 4 is 5.91 Å². The van der Waals surface area contributed by atoms with E-state index < -0.39 is 29.0 Å². The number of nitrogens with one attached hydrogen (secondary N) is 1. The van der Waals surface area contributed by atoms with Crippen molar-refractivity contribution < 1.29 is 22.4 Å². The Morgan fingerprint density at radius 2 is 1.27 bits per heavy atom. The minimum atomic E-state index is -4.69. The van der Waals surface area contributed by atoms with Crippen molar-refractivity contribution in [3.05, 3.63) is 35.1 Å². The van der Waals surface area contributed by atoms with Crippen LogP contribution in [0.15, 0.2) is 18.2 Å². The second-order valence-corrected chi connectivity index (χ2v) is 8.04. The number of rotatable bonds is 16. The fraction of sp³-hybridized carbons (Fsp3) is 0.708. The molecule has 0 saturated carbocycles. The average molecular weight is 432 g/mol. The van der Waals surface area contributed by atoms with Crippen LogP contribution in [-0.2, 0) is 6.18 Å². The summed E-state index contributed by atoms with van der Waals surface area (Å²) in [7, 11) is 0. The summed E-state index contributed by atoms with van der Waals surface area (Å²) >= 11 is 0. The standard InChI is InChI=1S/C24H37F4NO/c1-2-3-4-5-6-7-8-9-10-11-12-13-14-15-18-29-23(30)21-19-20(25)16-17-22(21)24(26,27)28/h16-17,19H,2-15,18H2,1H3,(H,29,30). The van der Waals surface area contributed by atoms with E-state index in [2.05, 4.69) is 12.2 Å². The number of amides is 1. The van der Waals surface area contributed by atoms with Gasteiger partial charge in [0.25, 0.3) is 5.91 Å². The minimum Gasteiger partial charge on any atom is -0.352 e. The van der Waals surface area contributed by atoms with Gasteiger partial charge in [-0.25, -0.2) is 4.39 Å². The summed E-state index contributed by atoms with van der Waals surface area (Å²) in [6, 6.07) is 1.97. The van der Waals surface area contributed by atoms with E-state index in [1.807, 2.05) is 0 Å². The highest BCUT2D eigenvalue weighted by atomic mass is 19.4. The molecule has 1 rings (SSSR count). The molecule has 0 spiro atoms. The van der Waals surface area contributed by atoms with Gasteiger partial charge >= 0.3 is 6.18 Å². The average Bonchev–Trinajstić information content (AvgIpc) is 2.69. The first-order valence-corrected chi connectivity index (χ1v) is 11.5. The van der Waals surface area contributed by atoms with Crippen LogP contribution in [0.2, 0.25) is 0 Å². The summed E-state index contributed by atoms with van der Waals surface area (Å²) in [5.74, 6) is -1.74. The molecule has 0 heterocycles. The van der Waals surface area contributed by atoms with Crippen LogP contribution in [0.4, 0.5) is 17.6 Å². The van der Waals surface area contributed by atoms with Crippen LogP contribution in [0.1, 0.15) is 113 Å². The van der Waals surface area contributed by atoms with Gasteiger partial charge in [-0.05, 0) is 24.6 Å². The lowest BCUT2D eigenvalue weighted by molar-refractivity contribution is -0.138. The van der Waals surface area contributed by atoms with Gasteiger partial charge in [0.2, 0.25) is 0 Å². The molecule has 0 radical (unpaired) electrons. The molecule has 0 unspecified atom stereocenters. The zero-order valence-electron chi connectivity index (χ0n) is 18.3. The van der Waals surface area contributed by atoms with E-state index in [-0.39, 0.29) is 0 Å². The Morgan fingerprint density at radius 1 is 0.800 bits per heavy atom. The van der Waals surface area contributed by atoms with E-state index in [0.29, 0.717) is 31.2 Å². The Balaban J connectivity index is 2.06. The summed E-state index contributed by atoms with van der Waals surface area (Å²) in [5, 5.41) is 2.48. The van der Waals surface area contributed by atoms with E-state index in [4.69, 9.17) is 0 Å². The summed E-state index contributed by atoms with van der Waals surface area (Å²) in [6.07, 6.45) is 12.3. The Morgan fingerprint density at radius 3 is 1.73 bits per heavy atom. The van der Waals surface area contributed by atoms with Crippen molar-refractivity contribution in [1.82, 2.24) is 5.32 Å². The maximum absolute atomic E-state index is 13.3. The Hall–Kier alpha value is -1.59. The van der Waals surface area contributed by atoms with Crippen molar-refractivity contribution in [1.29, 1.82) is 0 Å². The highest BCUT2D eigenvalue weighted by molar-refractivity contribution is 5.95. The highest BCUT2D eigenvalue weighted by Gasteiger charge is 2.35. The van der Waals surface area contributed by atoms with E-state index in [0.717, 1.165) is 19.3 Å². The molecule has 1 N–H and O–H groups in total. The predicted molar refractivity (Wildman–Crippen MR) is 114 cm³/mol. The molecule has 1 aromatic carbocycles. The number of benzene rings is 1. The third-order valence-corrected chi connectivity index (χ3v) is 5.35. The first-order chi connectivity index (χ1) is 14.4. The third-order valence-electron chi connectivity index (χ3n) is 5.35. The zero-order chi connectivity index (χ0) is 22.2. The molecule has 1 aromatic rings. The monoisotopic (exact) mass is 431 g/mol. The largest absolute Gasteiger partial charge is 0.417 e. The molecule has 0 atom stereocenters. The Labute approximate surface area is 178 Å². The van der Waals surface area contributed by atoms with Crippen LogP contribution in [0.5, 0.6) is 0 Å². The molecular formula is C24H37F4NO. The van der Waals surface area contributed by atoms with Crippen LogP contribution < -0.4 is 5.32 Å². The van der Waals surface area contributed by atoms with Crippen LogP contribution >= 0.6 is 0 Å². The summed E-state index contributed by atoms with van der Waals surface area (Å²) in [6.45, 7) is 2.53. The highest BCUT2D eigenvalue weighted by Crippen LogP contribution is 2.32. The number of carbonyl (C=O) groups excluding carboxylic acids is 1. The van der Waals surface area contributed by atoms with Crippen molar-refractivity contribution in [2.75, 3.05) is 6.54 Å². The number of unbranched alkanes of at least 4 members (excludes halogenated alkanes) is 13. The number of halogens is 4. The zero-order valence-corrected chi connectivity index (χ0v) is 18.3. The van der Waals surface area contributed by atoms with Crippen molar-refractivity contribution in [3.63, 3.8) is 0 Å². The maximum Gasteiger partial charge on any atom is 0.417 e. The lowest BCUT2D eigenvalue weighted by atomic mass is 10.0. The predicted octanol–water partition coefficient (Wildman–Crippen LogP) is 8.06. The summed E-state index contributed by atoms with van der Waals surface area (Å²) < 4.78 is 52.2. The van der Waals surface area contributed by atoms with Crippen LogP contribution in [0.3, 0.4) is 0 Å². The fourth-order valence-electron chi connectivity index (χ4n) is 3.57. The molecule has 0 fully saturated rings. The number of alkyl halides is 3. The van der Waals surface area contributed by atoms with E-state index in [1.165, 1.54) is 64.2 Å². The van der Waals surface area contributed by atoms with Crippen molar-refractivity contribution in [2.24, 2.45) is 0 Å². The van der Waals surface area contributed by atoms with Gasteiger partial charge in [-0.2, -0.15) is 13.2 Å². The molecule has 1 amide bonds. The molecular weight excluding hydrogens is 394 g/mol. The van der Waals surface area contributed by atoms with Gasteiger partial charge in [-0.3, -0.25) is 4.79 Å². The van der Waals surface area contributed by atoms with Gasteiger partial charge in [0.05, 0.1) is 11.1 Å². The van der Waals surface area contributed by atoms with Crippen LogP contribution in [0.25, 0.3) is 0 Å². The smallest absolute Gasteiger partial charge is 0.352 e. The summed E-state index contributed by atoms with van der Waals surface area (Å²) in [5.41, 5.74) is -1.77. The molecule has 0 aliphatic carbocycles. The molecule has 30 heavy (non-hydrogen) atoms. The van der Waals surface area contributed by atoms with Gasteiger partial charge in [-0.1, -0.05) is 90.4 Å². The SMILES string of the molecule is CCCCCCCCCCCCCCCCNC(=O)c1cc(F)ccc1C(F)(F)F. The topological polar surface area (TPSA) is 29.1 Å². The summed E-state index contributed by atoms with van der Waals surface area (Å²) in [4.78, 5) is 12.0. The third kappa shape index (κ3) is 11.6. The maximum atomic E-state index is 13.3. The van der Waals surface area contributed by atoms with Crippen LogP contribution in [-0.4, -0.2) is 12.5 Å². The second kappa shape index (κ2) is 15.2. The van der Waals surface area contributed by atoms with E-state index in [1.54, 1.807) is 0 Å². The van der Waals surface area contributed by atoms with Gasteiger partial charge in [0.15, 0.2) is 0 Å². The molecule has 172 valence electrons. The van der Waals surface area contributed by atoms with E-state index >= 15 is 0 Å². The van der Waals surface area contributed by atoms with Gasteiger partial charge in [0, 0.05) is 6.54 Å². The molecule has 2 nitrogen and oxygen atoms in total. The molecule has 0 aliphatic heterocycles. The Kier molecular flexibility index (Phi) is 13.4. The lowest BCUT2D eigenvalue weighted by Gasteiger charge is -2.13. The number of carbonyl (C=O) groups is 1. The molecule has 0 aromatic heterocycles. The first-order valence-electron chi connectivity index (χ1n) is 11.5. The van der Waals surface area contributed by atoms with Crippen molar-refractivity contribution in [3.8, 4) is 0 Å². The molecule has 0 aliphatic rings. The van der Waals surface area contributed by atoms with Crippen molar-refractivity contribution in [2.45, 2.75) is 103 Å². The van der Waals surface area contributed by atoms with Crippen LogP contribution in [0, 0.1) is 5.82 Å². The van der Waals surface area contributed by atoms with Gasteiger partial charge in [0.1, 0.15) is 5.82 Å². The number of hydrogen-bond donors (Lipinski definition) is 1. The van der Waals surface area contributed by atoms with Gasteiger partial charge in [-0.15, -0.1) is 0 Å². The molecule has 0 saturated heterocycles. The minimum absolute atomic E-state index is 0.296. The fourth-order valence-corrected chi connectivity index (χ4v) is 3.57. The number of hydrogen-bond acceptors (Lipinski definition) is 1. The first kappa shape index (κ1) is 26.4.